The first-order chi connectivity index (χ1) is 7.74. The van der Waals surface area contributed by atoms with Crippen molar-refractivity contribution in [2.24, 2.45) is 5.73 Å². The van der Waals surface area contributed by atoms with Crippen LogP contribution in [0.4, 0.5) is 4.39 Å². The first kappa shape index (κ1) is 13.5. The molecule has 1 aromatic carbocycles. The first-order valence-corrected chi connectivity index (χ1v) is 6.31. The molecule has 0 spiro atoms. The zero-order valence-electron chi connectivity index (χ0n) is 9.22. The lowest BCUT2D eigenvalue weighted by molar-refractivity contribution is 0.290. The van der Waals surface area contributed by atoms with Crippen LogP contribution >= 0.6 is 15.9 Å². The zero-order chi connectivity index (χ0) is 11.8. The van der Waals surface area contributed by atoms with Gasteiger partial charge in [-0.2, -0.15) is 0 Å². The van der Waals surface area contributed by atoms with Crippen molar-refractivity contribution in [1.82, 2.24) is 0 Å². The average Bonchev–Trinajstić information content (AvgIpc) is 2.28. The highest BCUT2D eigenvalue weighted by molar-refractivity contribution is 9.10. The molecule has 0 aliphatic rings. The van der Waals surface area contributed by atoms with Gasteiger partial charge in [-0.25, -0.2) is 4.39 Å². The van der Waals surface area contributed by atoms with E-state index >= 15 is 0 Å². The van der Waals surface area contributed by atoms with Crippen LogP contribution in [0.3, 0.4) is 0 Å². The third-order valence-electron chi connectivity index (χ3n) is 2.25. The highest BCUT2D eigenvalue weighted by Gasteiger charge is 2.03. The van der Waals surface area contributed by atoms with Crippen molar-refractivity contribution in [2.45, 2.75) is 25.7 Å². The molecule has 0 aliphatic heterocycles. The molecule has 4 heteroatoms. The van der Waals surface area contributed by atoms with Crippen LogP contribution in [0.15, 0.2) is 22.7 Å². The van der Waals surface area contributed by atoms with Crippen molar-refractivity contribution in [3.8, 4) is 5.75 Å². The molecule has 0 amide bonds. The number of ether oxygens (including phenoxy) is 1. The smallest absolute Gasteiger partial charge is 0.165 e. The predicted molar refractivity (Wildman–Crippen MR) is 67.1 cm³/mol. The lowest BCUT2D eigenvalue weighted by atomic mass is 10.2. The molecule has 0 saturated heterocycles. The Bertz CT molecular complexity index is 320. The van der Waals surface area contributed by atoms with Crippen molar-refractivity contribution in [3.63, 3.8) is 0 Å². The molecule has 0 atom stereocenters. The number of halogens is 2. The second-order valence-electron chi connectivity index (χ2n) is 3.63. The third-order valence-corrected chi connectivity index (χ3v) is 2.74. The Morgan fingerprint density at radius 1 is 1.19 bits per heavy atom. The van der Waals surface area contributed by atoms with Gasteiger partial charge in [0.1, 0.15) is 0 Å². The van der Waals surface area contributed by atoms with E-state index in [-0.39, 0.29) is 5.82 Å². The molecule has 0 heterocycles. The van der Waals surface area contributed by atoms with Crippen LogP contribution in [0.25, 0.3) is 0 Å². The number of unbranched alkanes of at least 4 members (excludes halogenated alkanes) is 3. The Morgan fingerprint density at radius 2 is 1.94 bits per heavy atom. The minimum absolute atomic E-state index is 0.313. The standard InChI is InChI=1S/C12H17BrFNO/c13-10-5-6-11(14)12(9-10)16-8-4-2-1-3-7-15/h5-6,9H,1-4,7-8,15H2. The maximum absolute atomic E-state index is 13.2. The molecule has 0 aromatic heterocycles. The van der Waals surface area contributed by atoms with Gasteiger partial charge in [-0.15, -0.1) is 0 Å². The first-order valence-electron chi connectivity index (χ1n) is 5.52. The van der Waals surface area contributed by atoms with Gasteiger partial charge in [0.05, 0.1) is 6.61 Å². The summed E-state index contributed by atoms with van der Waals surface area (Å²) in [6.45, 7) is 1.29. The molecule has 16 heavy (non-hydrogen) atoms. The minimum atomic E-state index is -0.315. The average molecular weight is 290 g/mol. The third kappa shape index (κ3) is 4.94. The Morgan fingerprint density at radius 3 is 2.69 bits per heavy atom. The second-order valence-corrected chi connectivity index (χ2v) is 4.54. The Labute approximate surface area is 104 Å². The molecule has 0 fully saturated rings. The van der Waals surface area contributed by atoms with Gasteiger partial charge in [0, 0.05) is 4.47 Å². The zero-order valence-corrected chi connectivity index (χ0v) is 10.8. The Hall–Kier alpha value is -0.610. The van der Waals surface area contributed by atoms with E-state index < -0.39 is 0 Å². The van der Waals surface area contributed by atoms with Crippen LogP contribution in [0.5, 0.6) is 5.75 Å². The summed E-state index contributed by atoms with van der Waals surface area (Å²) in [4.78, 5) is 0. The van der Waals surface area contributed by atoms with E-state index in [1.165, 1.54) is 6.07 Å². The predicted octanol–water partition coefficient (Wildman–Crippen LogP) is 3.49. The van der Waals surface area contributed by atoms with Crippen LogP contribution in [-0.4, -0.2) is 13.2 Å². The molecular formula is C12H17BrFNO. The van der Waals surface area contributed by atoms with Gasteiger partial charge in [-0.05, 0) is 37.6 Å². The van der Waals surface area contributed by atoms with Crippen molar-refractivity contribution in [1.29, 1.82) is 0 Å². The van der Waals surface area contributed by atoms with Crippen LogP contribution in [0.2, 0.25) is 0 Å². The fourth-order valence-corrected chi connectivity index (χ4v) is 1.71. The summed E-state index contributed by atoms with van der Waals surface area (Å²) >= 11 is 3.28. The molecule has 0 unspecified atom stereocenters. The van der Waals surface area contributed by atoms with Crippen LogP contribution in [0, 0.1) is 5.82 Å². The van der Waals surface area contributed by atoms with Crippen molar-refractivity contribution in [2.75, 3.05) is 13.2 Å². The largest absolute Gasteiger partial charge is 0.490 e. The van der Waals surface area contributed by atoms with Gasteiger partial charge >= 0.3 is 0 Å². The van der Waals surface area contributed by atoms with E-state index in [9.17, 15) is 4.39 Å². The second kappa shape index (κ2) is 7.63. The maximum Gasteiger partial charge on any atom is 0.165 e. The molecule has 90 valence electrons. The molecule has 0 bridgehead atoms. The molecule has 2 nitrogen and oxygen atoms in total. The number of rotatable bonds is 7. The number of nitrogens with two attached hydrogens (primary N) is 1. The summed E-state index contributed by atoms with van der Waals surface area (Å²) in [6.07, 6.45) is 4.17. The van der Waals surface area contributed by atoms with Gasteiger partial charge in [0.25, 0.3) is 0 Å². The highest BCUT2D eigenvalue weighted by atomic mass is 79.9. The molecule has 0 saturated carbocycles. The molecule has 1 aromatic rings. The van der Waals surface area contributed by atoms with E-state index in [4.69, 9.17) is 10.5 Å². The molecule has 2 N–H and O–H groups in total. The summed E-state index contributed by atoms with van der Waals surface area (Å²) in [5.41, 5.74) is 5.38. The molecule has 0 radical (unpaired) electrons. The van der Waals surface area contributed by atoms with Crippen molar-refractivity contribution < 1.29 is 9.13 Å². The SMILES string of the molecule is NCCCCCCOc1cc(Br)ccc1F. The lowest BCUT2D eigenvalue weighted by Gasteiger charge is -2.07. The van der Waals surface area contributed by atoms with Crippen molar-refractivity contribution in [3.05, 3.63) is 28.5 Å². The van der Waals surface area contributed by atoms with Crippen LogP contribution in [0.1, 0.15) is 25.7 Å². The van der Waals surface area contributed by atoms with E-state index in [2.05, 4.69) is 15.9 Å². The van der Waals surface area contributed by atoms with Gasteiger partial charge in [-0.3, -0.25) is 0 Å². The maximum atomic E-state index is 13.2. The fourth-order valence-electron chi connectivity index (χ4n) is 1.37. The van der Waals surface area contributed by atoms with E-state index in [1.54, 1.807) is 12.1 Å². The molecule has 1 rings (SSSR count). The van der Waals surface area contributed by atoms with E-state index in [1.807, 2.05) is 0 Å². The van der Waals surface area contributed by atoms with Crippen LogP contribution in [-0.2, 0) is 0 Å². The van der Waals surface area contributed by atoms with Gasteiger partial charge in [0.2, 0.25) is 0 Å². The van der Waals surface area contributed by atoms with Gasteiger partial charge < -0.3 is 10.5 Å². The minimum Gasteiger partial charge on any atom is -0.490 e. The van der Waals surface area contributed by atoms with E-state index in [0.717, 1.165) is 36.7 Å². The number of hydrogen-bond donors (Lipinski definition) is 1. The molecular weight excluding hydrogens is 273 g/mol. The summed E-state index contributed by atoms with van der Waals surface area (Å²) in [7, 11) is 0. The fraction of sp³-hybridized carbons (Fsp3) is 0.500. The lowest BCUT2D eigenvalue weighted by Crippen LogP contribution is -2.01. The van der Waals surface area contributed by atoms with Gasteiger partial charge in [-0.1, -0.05) is 28.8 Å². The normalized spacial score (nSPS) is 10.4. The summed E-state index contributed by atoms with van der Waals surface area (Å²) in [5.74, 6) is -0.00152. The quantitative estimate of drug-likeness (QED) is 0.780. The number of hydrogen-bond acceptors (Lipinski definition) is 2. The van der Waals surface area contributed by atoms with E-state index in [0.29, 0.717) is 12.4 Å². The molecule has 0 aliphatic carbocycles. The highest BCUT2D eigenvalue weighted by Crippen LogP contribution is 2.22. The van der Waals surface area contributed by atoms with Crippen molar-refractivity contribution >= 4 is 15.9 Å². The topological polar surface area (TPSA) is 35.2 Å². The monoisotopic (exact) mass is 289 g/mol. The Kier molecular flexibility index (Phi) is 6.42. The van der Waals surface area contributed by atoms with Gasteiger partial charge in [0.15, 0.2) is 11.6 Å². The summed E-state index contributed by atoms with van der Waals surface area (Å²) in [6, 6.07) is 4.70. The van der Waals surface area contributed by atoms with Crippen LogP contribution < -0.4 is 10.5 Å². The Balaban J connectivity index is 2.23. The summed E-state index contributed by atoms with van der Waals surface area (Å²) < 4.78 is 19.4. The number of benzene rings is 1. The summed E-state index contributed by atoms with van der Waals surface area (Å²) in [5, 5.41) is 0.